The van der Waals surface area contributed by atoms with Gasteiger partial charge in [-0.3, -0.25) is 4.79 Å². The summed E-state index contributed by atoms with van der Waals surface area (Å²) in [6.45, 7) is 10.7. The fraction of sp³-hybridized carbons (Fsp3) is 0.458. The van der Waals surface area contributed by atoms with Gasteiger partial charge in [0, 0.05) is 23.9 Å². The average molecular weight is 430 g/mol. The van der Waals surface area contributed by atoms with Gasteiger partial charge in [0.15, 0.2) is 16.9 Å². The zero-order chi connectivity index (χ0) is 22.1. The largest absolute Gasteiger partial charge is 0.508 e. The number of nitrogens with zero attached hydrogens (tertiary/aromatic N) is 1. The molecule has 0 spiro atoms. The van der Waals surface area contributed by atoms with Gasteiger partial charge in [0.25, 0.3) is 0 Å². The van der Waals surface area contributed by atoms with Crippen LogP contribution in [-0.2, 0) is 6.42 Å². The summed E-state index contributed by atoms with van der Waals surface area (Å²) in [5.74, 6) is 2.23. The first-order valence-corrected chi connectivity index (χ1v) is 11.5. The summed E-state index contributed by atoms with van der Waals surface area (Å²) in [5.41, 5.74) is 2.83. The van der Waals surface area contributed by atoms with Crippen molar-refractivity contribution in [2.75, 3.05) is 25.7 Å². The molecule has 0 fully saturated rings. The first kappa shape index (κ1) is 22.3. The van der Waals surface area contributed by atoms with Crippen LogP contribution in [0.4, 0.5) is 0 Å². The summed E-state index contributed by atoms with van der Waals surface area (Å²) >= 11 is 1.80. The second-order valence-corrected chi connectivity index (χ2v) is 9.72. The van der Waals surface area contributed by atoms with Crippen LogP contribution in [-0.4, -0.2) is 35.4 Å². The molecule has 1 N–H and O–H groups in total. The zero-order valence-electron chi connectivity index (χ0n) is 18.4. The zero-order valence-corrected chi connectivity index (χ0v) is 19.3. The predicted octanol–water partition coefficient (Wildman–Crippen LogP) is 5.33. The van der Waals surface area contributed by atoms with Crippen molar-refractivity contribution in [3.05, 3.63) is 52.3 Å². The molecule has 1 aliphatic heterocycles. The van der Waals surface area contributed by atoms with E-state index in [0.717, 1.165) is 41.2 Å². The molecule has 0 bridgehead atoms. The number of hydrogen-bond acceptors (Lipinski definition) is 5. The Morgan fingerprint density at radius 3 is 2.63 bits per heavy atom. The van der Waals surface area contributed by atoms with Crippen LogP contribution in [0.1, 0.15) is 44.4 Å². The van der Waals surface area contributed by atoms with Crippen molar-refractivity contribution in [1.82, 2.24) is 4.57 Å². The highest BCUT2D eigenvalue weighted by Crippen LogP contribution is 2.45. The van der Waals surface area contributed by atoms with Gasteiger partial charge in [-0.1, -0.05) is 27.4 Å². The fourth-order valence-corrected chi connectivity index (χ4v) is 4.34. The molecule has 0 unspecified atom stereocenters. The van der Waals surface area contributed by atoms with E-state index in [9.17, 15) is 9.90 Å². The number of fused-ring (bicyclic) bond motifs is 3. The molecule has 0 amide bonds. The molecule has 0 saturated carbocycles. The number of benzene rings is 1. The molecule has 5 nitrogen and oxygen atoms in total. The fourth-order valence-electron chi connectivity index (χ4n) is 3.94. The van der Waals surface area contributed by atoms with Gasteiger partial charge < -0.3 is 19.1 Å². The van der Waals surface area contributed by atoms with Crippen LogP contribution in [0.3, 0.4) is 0 Å². The van der Waals surface area contributed by atoms with Gasteiger partial charge in [-0.25, -0.2) is 0 Å². The lowest BCUT2D eigenvalue weighted by molar-refractivity contribution is 0.236. The molecule has 30 heavy (non-hydrogen) atoms. The Morgan fingerprint density at radius 1 is 1.30 bits per heavy atom. The van der Waals surface area contributed by atoms with Gasteiger partial charge in [0.1, 0.15) is 5.76 Å². The lowest BCUT2D eigenvalue weighted by Crippen LogP contribution is -2.32. The minimum Gasteiger partial charge on any atom is -0.508 e. The molecule has 1 atom stereocenters. The number of thioether (sulfide) groups is 1. The van der Waals surface area contributed by atoms with E-state index in [1.165, 1.54) is 0 Å². The third-order valence-corrected chi connectivity index (χ3v) is 6.25. The summed E-state index contributed by atoms with van der Waals surface area (Å²) in [5, 5.41) is 9.88. The summed E-state index contributed by atoms with van der Waals surface area (Å²) < 4.78 is 13.7. The van der Waals surface area contributed by atoms with Gasteiger partial charge in [-0.05, 0) is 48.0 Å². The first-order valence-electron chi connectivity index (χ1n) is 10.1. The molecule has 0 aliphatic carbocycles. The normalized spacial score (nSPS) is 15.3. The van der Waals surface area contributed by atoms with Crippen LogP contribution in [0.25, 0.3) is 17.0 Å². The molecule has 0 saturated heterocycles. The summed E-state index contributed by atoms with van der Waals surface area (Å²) in [6, 6.07) is 5.71. The Balaban J connectivity index is 2.14. The monoisotopic (exact) mass is 429 g/mol. The van der Waals surface area contributed by atoms with Crippen molar-refractivity contribution in [2.45, 2.75) is 39.7 Å². The van der Waals surface area contributed by atoms with E-state index in [4.69, 9.17) is 9.47 Å². The van der Waals surface area contributed by atoms with Crippen LogP contribution in [0.5, 0.6) is 11.5 Å². The molecule has 1 aromatic heterocycles. The lowest BCUT2D eigenvalue weighted by atomic mass is 9.78. The molecule has 2 heterocycles. The maximum absolute atomic E-state index is 12.6. The standard InChI is InChI=1S/C24H31NO4S/c1-15(26)18-14-25-19(13-20(18)27)17-12-21(28-5)22(29-8-7-9-30-6)10-16(17)11-23(25)24(2,3)4/h10,12-14,23,26H,1,7-9,11H2,2-6H3/t23-/m1/s1. The predicted molar refractivity (Wildman–Crippen MR) is 125 cm³/mol. The summed E-state index contributed by atoms with van der Waals surface area (Å²) in [6.07, 6.45) is 5.58. The summed E-state index contributed by atoms with van der Waals surface area (Å²) in [7, 11) is 1.63. The van der Waals surface area contributed by atoms with Gasteiger partial charge in [0.2, 0.25) is 0 Å². The highest BCUT2D eigenvalue weighted by Gasteiger charge is 2.34. The molecular weight excluding hydrogens is 398 g/mol. The van der Waals surface area contributed by atoms with Crippen molar-refractivity contribution in [3.8, 4) is 22.8 Å². The third kappa shape index (κ3) is 4.38. The van der Waals surface area contributed by atoms with E-state index in [1.807, 2.05) is 6.07 Å². The van der Waals surface area contributed by atoms with Crippen molar-refractivity contribution < 1.29 is 14.6 Å². The van der Waals surface area contributed by atoms with Gasteiger partial charge in [0.05, 0.1) is 25.0 Å². The maximum atomic E-state index is 12.6. The second-order valence-electron chi connectivity index (χ2n) is 8.73. The number of aromatic nitrogens is 1. The quantitative estimate of drug-likeness (QED) is 0.476. The van der Waals surface area contributed by atoms with E-state index in [1.54, 1.807) is 31.1 Å². The number of pyridine rings is 1. The minimum atomic E-state index is -0.245. The van der Waals surface area contributed by atoms with Crippen LogP contribution in [0.15, 0.2) is 35.8 Å². The van der Waals surface area contributed by atoms with Crippen molar-refractivity contribution in [3.63, 3.8) is 0 Å². The number of hydrogen-bond donors (Lipinski definition) is 1. The van der Waals surface area contributed by atoms with E-state index < -0.39 is 0 Å². The number of rotatable bonds is 7. The number of ether oxygens (including phenoxy) is 2. The molecule has 1 aromatic carbocycles. The molecule has 3 rings (SSSR count). The summed E-state index contributed by atoms with van der Waals surface area (Å²) in [4.78, 5) is 12.6. The molecule has 162 valence electrons. The SMILES string of the molecule is C=C(O)c1cn2c(cc1=O)-c1cc(OC)c(OCCCSC)cc1C[C@@H]2C(C)(C)C. The Kier molecular flexibility index (Phi) is 6.56. The maximum Gasteiger partial charge on any atom is 0.193 e. The van der Waals surface area contributed by atoms with Crippen LogP contribution in [0, 0.1) is 5.41 Å². The molecule has 0 radical (unpaired) electrons. The van der Waals surface area contributed by atoms with Crippen LogP contribution >= 0.6 is 11.8 Å². The van der Waals surface area contributed by atoms with E-state index in [2.05, 4.69) is 44.2 Å². The topological polar surface area (TPSA) is 60.7 Å². The molecule has 6 heteroatoms. The Morgan fingerprint density at radius 2 is 2.03 bits per heavy atom. The van der Waals surface area contributed by atoms with E-state index in [-0.39, 0.29) is 28.2 Å². The molecule has 2 aromatic rings. The second kappa shape index (κ2) is 8.80. The van der Waals surface area contributed by atoms with Crippen molar-refractivity contribution in [2.24, 2.45) is 5.41 Å². The van der Waals surface area contributed by atoms with Crippen LogP contribution < -0.4 is 14.9 Å². The van der Waals surface area contributed by atoms with Gasteiger partial charge in [-0.2, -0.15) is 11.8 Å². The van der Waals surface area contributed by atoms with Gasteiger partial charge in [-0.15, -0.1) is 0 Å². The Hall–Kier alpha value is -2.34. The Labute approximate surface area is 182 Å². The number of methoxy groups -OCH3 is 1. The highest BCUT2D eigenvalue weighted by molar-refractivity contribution is 7.98. The number of aliphatic hydroxyl groups excluding tert-OH is 1. The molecule has 1 aliphatic rings. The van der Waals surface area contributed by atoms with Crippen molar-refractivity contribution >= 4 is 17.5 Å². The van der Waals surface area contributed by atoms with E-state index >= 15 is 0 Å². The number of aliphatic hydroxyl groups is 1. The van der Waals surface area contributed by atoms with Crippen molar-refractivity contribution in [1.29, 1.82) is 0 Å². The average Bonchev–Trinajstić information content (AvgIpc) is 2.68. The minimum absolute atomic E-state index is 0.0607. The lowest BCUT2D eigenvalue weighted by Gasteiger charge is -2.39. The molecular formula is C24H31NO4S. The van der Waals surface area contributed by atoms with Crippen LogP contribution in [0.2, 0.25) is 0 Å². The van der Waals surface area contributed by atoms with E-state index in [0.29, 0.717) is 12.4 Å². The van der Waals surface area contributed by atoms with Gasteiger partial charge >= 0.3 is 0 Å². The smallest absolute Gasteiger partial charge is 0.193 e. The Bertz CT molecular complexity index is 1000. The first-order chi connectivity index (χ1) is 14.2. The highest BCUT2D eigenvalue weighted by atomic mass is 32.2. The third-order valence-electron chi connectivity index (χ3n) is 5.56.